The Morgan fingerprint density at radius 2 is 1.48 bits per heavy atom. The van der Waals surface area contributed by atoms with E-state index in [2.05, 4.69) is 20.9 Å². The summed E-state index contributed by atoms with van der Waals surface area (Å²) in [5.41, 5.74) is 2.95. The predicted molar refractivity (Wildman–Crippen MR) is 105 cm³/mol. The highest BCUT2D eigenvalue weighted by Gasteiger charge is 2.19. The summed E-state index contributed by atoms with van der Waals surface area (Å²) < 4.78 is 0.948. The van der Waals surface area contributed by atoms with Gasteiger partial charge in [-0.2, -0.15) is 0 Å². The van der Waals surface area contributed by atoms with Gasteiger partial charge in [-0.05, 0) is 29.7 Å². The molecule has 4 rings (SSSR count). The Kier molecular flexibility index (Phi) is 4.16. The highest BCUT2D eigenvalue weighted by Crippen LogP contribution is 2.30. The molecule has 0 saturated heterocycles. The summed E-state index contributed by atoms with van der Waals surface area (Å²) in [6, 6.07) is 25.2. The molecule has 0 radical (unpaired) electrons. The summed E-state index contributed by atoms with van der Waals surface area (Å²) in [6.45, 7) is 0. The minimum absolute atomic E-state index is 0.0179. The van der Waals surface area contributed by atoms with Crippen LogP contribution in [-0.4, -0.2) is 10.8 Å². The molecular weight excluding hydrogens is 374 g/mol. The van der Waals surface area contributed by atoms with E-state index in [-0.39, 0.29) is 5.78 Å². The van der Waals surface area contributed by atoms with Gasteiger partial charge in [0.25, 0.3) is 0 Å². The average Bonchev–Trinajstić information content (AvgIpc) is 2.68. The number of nitrogens with zero attached hydrogens (tertiary/aromatic N) is 1. The third-order valence-corrected chi connectivity index (χ3v) is 4.71. The van der Waals surface area contributed by atoms with E-state index in [0.29, 0.717) is 16.8 Å². The molecule has 1 heterocycles. The minimum atomic E-state index is -0.0179. The molecule has 0 atom stereocenters. The van der Waals surface area contributed by atoms with Gasteiger partial charge < -0.3 is 0 Å². The first-order chi connectivity index (χ1) is 12.2. The second-order valence-electron chi connectivity index (χ2n) is 5.77. The molecule has 0 N–H and O–H groups in total. The fourth-order valence-electron chi connectivity index (χ4n) is 2.95. The van der Waals surface area contributed by atoms with E-state index >= 15 is 0 Å². The SMILES string of the molecule is O=C(c1ccc(Br)cc1)c1c(-c2ccccc2)ncc2ccccc12. The van der Waals surface area contributed by atoms with E-state index < -0.39 is 0 Å². The zero-order chi connectivity index (χ0) is 17.2. The Hall–Kier alpha value is -2.78. The second kappa shape index (κ2) is 6.61. The second-order valence-corrected chi connectivity index (χ2v) is 6.69. The van der Waals surface area contributed by atoms with E-state index in [1.165, 1.54) is 0 Å². The van der Waals surface area contributed by atoms with Crippen molar-refractivity contribution in [2.75, 3.05) is 0 Å². The topological polar surface area (TPSA) is 30.0 Å². The summed E-state index contributed by atoms with van der Waals surface area (Å²) in [4.78, 5) is 17.9. The van der Waals surface area contributed by atoms with Gasteiger partial charge in [0.05, 0.1) is 11.3 Å². The number of rotatable bonds is 3. The maximum Gasteiger partial charge on any atom is 0.195 e. The molecule has 3 aromatic carbocycles. The van der Waals surface area contributed by atoms with Gasteiger partial charge in [0, 0.05) is 27.2 Å². The van der Waals surface area contributed by atoms with Gasteiger partial charge in [0.2, 0.25) is 0 Å². The number of fused-ring (bicyclic) bond motifs is 1. The summed E-state index contributed by atoms with van der Waals surface area (Å²) in [6.07, 6.45) is 1.83. The Morgan fingerprint density at radius 3 is 2.24 bits per heavy atom. The van der Waals surface area contributed by atoms with Crippen LogP contribution in [0.15, 0.2) is 89.5 Å². The van der Waals surface area contributed by atoms with Gasteiger partial charge in [-0.15, -0.1) is 0 Å². The van der Waals surface area contributed by atoms with Gasteiger partial charge >= 0.3 is 0 Å². The first-order valence-electron chi connectivity index (χ1n) is 7.97. The number of hydrogen-bond donors (Lipinski definition) is 0. The maximum atomic E-state index is 13.3. The first kappa shape index (κ1) is 15.7. The molecule has 0 fully saturated rings. The van der Waals surface area contributed by atoms with Crippen LogP contribution in [0.5, 0.6) is 0 Å². The van der Waals surface area contributed by atoms with Crippen molar-refractivity contribution in [1.82, 2.24) is 4.98 Å². The number of carbonyl (C=O) groups is 1. The van der Waals surface area contributed by atoms with Crippen molar-refractivity contribution in [2.45, 2.75) is 0 Å². The van der Waals surface area contributed by atoms with Crippen LogP contribution in [0.4, 0.5) is 0 Å². The van der Waals surface area contributed by atoms with Gasteiger partial charge in [0.1, 0.15) is 0 Å². The third-order valence-electron chi connectivity index (χ3n) is 4.18. The number of carbonyl (C=O) groups excluding carboxylic acids is 1. The van der Waals surface area contributed by atoms with E-state index in [1.54, 1.807) is 0 Å². The highest BCUT2D eigenvalue weighted by molar-refractivity contribution is 9.10. The van der Waals surface area contributed by atoms with Crippen molar-refractivity contribution < 1.29 is 4.79 Å². The fraction of sp³-hybridized carbons (Fsp3) is 0. The predicted octanol–water partition coefficient (Wildman–Crippen LogP) is 5.90. The Bertz CT molecular complexity index is 1060. The molecule has 3 heteroatoms. The van der Waals surface area contributed by atoms with Crippen molar-refractivity contribution >= 4 is 32.5 Å². The zero-order valence-corrected chi connectivity index (χ0v) is 14.9. The summed E-state index contributed by atoms with van der Waals surface area (Å²) in [5, 5.41) is 1.88. The number of ketones is 1. The minimum Gasteiger partial charge on any atom is -0.289 e. The molecule has 2 nitrogen and oxygen atoms in total. The van der Waals surface area contributed by atoms with Crippen molar-refractivity contribution in [2.24, 2.45) is 0 Å². The number of halogens is 1. The van der Waals surface area contributed by atoms with Crippen LogP contribution in [0, 0.1) is 0 Å². The van der Waals surface area contributed by atoms with Crippen LogP contribution in [0.25, 0.3) is 22.0 Å². The van der Waals surface area contributed by atoms with E-state index in [0.717, 1.165) is 20.8 Å². The van der Waals surface area contributed by atoms with Crippen molar-refractivity contribution in [1.29, 1.82) is 0 Å². The van der Waals surface area contributed by atoms with Gasteiger partial charge in [-0.25, -0.2) is 0 Å². The first-order valence-corrected chi connectivity index (χ1v) is 8.77. The summed E-state index contributed by atoms with van der Waals surface area (Å²) >= 11 is 3.42. The van der Waals surface area contributed by atoms with Crippen LogP contribution in [0.1, 0.15) is 15.9 Å². The van der Waals surface area contributed by atoms with Crippen LogP contribution in [0.2, 0.25) is 0 Å². The Balaban J connectivity index is 1.99. The quantitative estimate of drug-likeness (QED) is 0.409. The fourth-order valence-corrected chi connectivity index (χ4v) is 3.22. The largest absolute Gasteiger partial charge is 0.289 e. The summed E-state index contributed by atoms with van der Waals surface area (Å²) in [7, 11) is 0. The monoisotopic (exact) mass is 387 g/mol. The molecule has 4 aromatic rings. The van der Waals surface area contributed by atoms with Crippen molar-refractivity contribution in [3.05, 3.63) is 101 Å². The van der Waals surface area contributed by atoms with Crippen LogP contribution in [-0.2, 0) is 0 Å². The number of hydrogen-bond acceptors (Lipinski definition) is 2. The summed E-state index contributed by atoms with van der Waals surface area (Å²) in [5.74, 6) is -0.0179. The smallest absolute Gasteiger partial charge is 0.195 e. The lowest BCUT2D eigenvalue weighted by atomic mass is 9.93. The van der Waals surface area contributed by atoms with Gasteiger partial charge in [0.15, 0.2) is 5.78 Å². The molecule has 0 aliphatic carbocycles. The molecule has 0 amide bonds. The lowest BCUT2D eigenvalue weighted by molar-refractivity contribution is 0.104. The maximum absolute atomic E-state index is 13.3. The lowest BCUT2D eigenvalue weighted by Crippen LogP contribution is -2.06. The zero-order valence-electron chi connectivity index (χ0n) is 13.3. The highest BCUT2D eigenvalue weighted by atomic mass is 79.9. The van der Waals surface area contributed by atoms with Crippen LogP contribution < -0.4 is 0 Å². The van der Waals surface area contributed by atoms with Crippen molar-refractivity contribution in [3.63, 3.8) is 0 Å². The van der Waals surface area contributed by atoms with E-state index in [4.69, 9.17) is 0 Å². The molecule has 25 heavy (non-hydrogen) atoms. The molecule has 0 spiro atoms. The average molecular weight is 388 g/mol. The van der Waals surface area contributed by atoms with Gasteiger partial charge in [-0.1, -0.05) is 70.5 Å². The number of pyridine rings is 1. The molecule has 0 saturated carbocycles. The molecule has 0 aliphatic heterocycles. The number of aromatic nitrogens is 1. The van der Waals surface area contributed by atoms with Crippen LogP contribution >= 0.6 is 15.9 Å². The molecule has 1 aromatic heterocycles. The Labute approximate surface area is 154 Å². The normalized spacial score (nSPS) is 10.8. The van der Waals surface area contributed by atoms with Crippen molar-refractivity contribution in [3.8, 4) is 11.3 Å². The molecule has 120 valence electrons. The Morgan fingerprint density at radius 1 is 0.800 bits per heavy atom. The lowest BCUT2D eigenvalue weighted by Gasteiger charge is -2.12. The standard InChI is InChI=1S/C22H14BrNO/c23-18-12-10-16(11-13-18)22(25)20-19-9-5-4-8-17(19)14-24-21(20)15-6-2-1-3-7-15/h1-14H. The van der Waals surface area contributed by atoms with E-state index in [9.17, 15) is 4.79 Å². The molecule has 0 aliphatic rings. The van der Waals surface area contributed by atoms with Crippen LogP contribution in [0.3, 0.4) is 0 Å². The molecule has 0 unspecified atom stereocenters. The van der Waals surface area contributed by atoms with Gasteiger partial charge in [-0.3, -0.25) is 9.78 Å². The molecule has 0 bridgehead atoms. The van der Waals surface area contributed by atoms with E-state index in [1.807, 2.05) is 85.1 Å². The number of benzene rings is 3. The third kappa shape index (κ3) is 2.99. The molecular formula is C22H14BrNO.